The normalized spacial score (nSPS) is 10.8. The van der Waals surface area contributed by atoms with Gasteiger partial charge in [0, 0.05) is 27.9 Å². The minimum atomic E-state index is -0.251. The first kappa shape index (κ1) is 23.2. The van der Waals surface area contributed by atoms with E-state index in [0.717, 1.165) is 16.7 Å². The molecule has 1 N–H and O–H groups in total. The van der Waals surface area contributed by atoms with Gasteiger partial charge in [-0.15, -0.1) is 0 Å². The van der Waals surface area contributed by atoms with Crippen LogP contribution >= 0.6 is 34.8 Å². The minimum absolute atomic E-state index is 0.251. The number of hydrogen-bond acceptors (Lipinski definition) is 3. The summed E-state index contributed by atoms with van der Waals surface area (Å²) in [6.45, 7) is 2.79. The second kappa shape index (κ2) is 10.3. The topological polar surface area (TPSA) is 56.1 Å². The van der Waals surface area contributed by atoms with Crippen LogP contribution in [0.3, 0.4) is 0 Å². The molecule has 0 atom stereocenters. The third kappa shape index (κ3) is 6.08. The fourth-order valence-corrected chi connectivity index (χ4v) is 3.80. The fourth-order valence-electron chi connectivity index (χ4n) is 3.16. The lowest BCUT2D eigenvalue weighted by Crippen LogP contribution is -2.13. The van der Waals surface area contributed by atoms with Gasteiger partial charge in [-0.1, -0.05) is 59.1 Å². The number of nitrogens with zero attached hydrogens (tertiary/aromatic N) is 2. The number of rotatable bonds is 7. The summed E-state index contributed by atoms with van der Waals surface area (Å²) in [5.41, 5.74) is 3.39. The summed E-state index contributed by atoms with van der Waals surface area (Å²) < 4.78 is 7.50. The molecule has 0 fully saturated rings. The van der Waals surface area contributed by atoms with E-state index in [4.69, 9.17) is 39.5 Å². The number of carbonyl (C=O) groups is 1. The Balaban J connectivity index is 1.34. The second-order valence-electron chi connectivity index (χ2n) is 7.51. The van der Waals surface area contributed by atoms with Crippen molar-refractivity contribution in [1.29, 1.82) is 0 Å². The maximum Gasteiger partial charge on any atom is 0.256 e. The number of hydrogen-bond donors (Lipinski definition) is 1. The number of anilines is 1. The molecule has 1 aromatic heterocycles. The number of amides is 1. The molecule has 0 saturated carbocycles. The third-order valence-electron chi connectivity index (χ3n) is 4.93. The molecule has 0 spiro atoms. The lowest BCUT2D eigenvalue weighted by molar-refractivity contribution is 0.102. The zero-order chi connectivity index (χ0) is 23.4. The van der Waals surface area contributed by atoms with Gasteiger partial charge in [-0.2, -0.15) is 5.10 Å². The Morgan fingerprint density at radius 1 is 0.970 bits per heavy atom. The van der Waals surface area contributed by atoms with Crippen LogP contribution in [0.15, 0.2) is 72.9 Å². The average Bonchev–Trinajstić information content (AvgIpc) is 3.23. The SMILES string of the molecule is Cc1ccc(Cl)c(OCc2ccc(C(=O)Nc3ccn(Cc4ccc(Cl)cc4Cl)n3)cc2)c1. The van der Waals surface area contributed by atoms with E-state index in [1.165, 1.54) is 0 Å². The Hall–Kier alpha value is -2.99. The van der Waals surface area contributed by atoms with Gasteiger partial charge in [-0.05, 0) is 60.0 Å². The summed E-state index contributed by atoms with van der Waals surface area (Å²) in [6, 6.07) is 19.9. The number of nitrogens with one attached hydrogen (secondary N) is 1. The standard InChI is InChI=1S/C25H20Cl3N3O2/c1-16-2-9-21(27)23(12-16)33-15-17-3-5-18(6-4-17)25(32)29-24-10-11-31(30-24)14-19-7-8-20(26)13-22(19)28/h2-13H,14-15H2,1H3,(H,29,30,32). The van der Waals surface area contributed by atoms with Crippen LogP contribution < -0.4 is 10.1 Å². The molecule has 5 nitrogen and oxygen atoms in total. The molecule has 0 radical (unpaired) electrons. The zero-order valence-corrected chi connectivity index (χ0v) is 20.0. The van der Waals surface area contributed by atoms with Crippen molar-refractivity contribution < 1.29 is 9.53 Å². The number of ether oxygens (including phenoxy) is 1. The first-order valence-corrected chi connectivity index (χ1v) is 11.3. The predicted molar refractivity (Wildman–Crippen MR) is 133 cm³/mol. The second-order valence-corrected chi connectivity index (χ2v) is 8.76. The van der Waals surface area contributed by atoms with Gasteiger partial charge in [-0.3, -0.25) is 9.48 Å². The van der Waals surface area contributed by atoms with Gasteiger partial charge in [0.2, 0.25) is 0 Å². The van der Waals surface area contributed by atoms with E-state index in [0.29, 0.717) is 45.4 Å². The Bertz CT molecular complexity index is 1290. The van der Waals surface area contributed by atoms with Gasteiger partial charge < -0.3 is 10.1 Å². The Labute approximate surface area is 206 Å². The van der Waals surface area contributed by atoms with Crippen molar-refractivity contribution in [3.05, 3.63) is 110 Å². The Morgan fingerprint density at radius 2 is 1.76 bits per heavy atom. The van der Waals surface area contributed by atoms with E-state index in [2.05, 4.69) is 10.4 Å². The number of benzene rings is 3. The number of halogens is 3. The smallest absolute Gasteiger partial charge is 0.256 e. The lowest BCUT2D eigenvalue weighted by Gasteiger charge is -2.09. The molecule has 0 bridgehead atoms. The van der Waals surface area contributed by atoms with E-state index < -0.39 is 0 Å². The molecule has 0 aliphatic heterocycles. The highest BCUT2D eigenvalue weighted by Gasteiger charge is 2.10. The van der Waals surface area contributed by atoms with E-state index in [1.54, 1.807) is 41.2 Å². The van der Waals surface area contributed by atoms with Crippen LogP contribution in [0.1, 0.15) is 27.0 Å². The first-order valence-electron chi connectivity index (χ1n) is 10.1. The van der Waals surface area contributed by atoms with Crippen LogP contribution in [0.5, 0.6) is 5.75 Å². The van der Waals surface area contributed by atoms with Gasteiger partial charge >= 0.3 is 0 Å². The molecule has 0 aliphatic rings. The average molecular weight is 501 g/mol. The summed E-state index contributed by atoms with van der Waals surface area (Å²) in [5.74, 6) is 0.833. The Morgan fingerprint density at radius 3 is 2.52 bits per heavy atom. The number of aryl methyl sites for hydroxylation is 1. The van der Waals surface area contributed by atoms with Crippen molar-refractivity contribution >= 4 is 46.5 Å². The summed E-state index contributed by atoms with van der Waals surface area (Å²) in [6.07, 6.45) is 1.78. The summed E-state index contributed by atoms with van der Waals surface area (Å²) in [4.78, 5) is 12.6. The van der Waals surface area contributed by atoms with Crippen LogP contribution in [0, 0.1) is 6.92 Å². The van der Waals surface area contributed by atoms with Crippen molar-refractivity contribution in [2.24, 2.45) is 0 Å². The molecule has 0 unspecified atom stereocenters. The largest absolute Gasteiger partial charge is 0.487 e. The molecule has 33 heavy (non-hydrogen) atoms. The summed E-state index contributed by atoms with van der Waals surface area (Å²) in [5, 5.41) is 8.91. The molecular weight excluding hydrogens is 481 g/mol. The quantitative estimate of drug-likeness (QED) is 0.296. The van der Waals surface area contributed by atoms with E-state index in [-0.39, 0.29) is 5.91 Å². The molecular formula is C25H20Cl3N3O2. The molecule has 0 aliphatic carbocycles. The van der Waals surface area contributed by atoms with Crippen LogP contribution in [0.25, 0.3) is 0 Å². The zero-order valence-electron chi connectivity index (χ0n) is 17.7. The summed E-state index contributed by atoms with van der Waals surface area (Å²) >= 11 is 18.3. The maximum atomic E-state index is 12.6. The molecule has 1 heterocycles. The summed E-state index contributed by atoms with van der Waals surface area (Å²) in [7, 11) is 0. The molecule has 8 heteroatoms. The predicted octanol–water partition coefficient (Wildman–Crippen LogP) is 7.03. The van der Waals surface area contributed by atoms with Gasteiger partial charge in [0.25, 0.3) is 5.91 Å². The maximum absolute atomic E-state index is 12.6. The molecule has 3 aromatic carbocycles. The highest BCUT2D eigenvalue weighted by atomic mass is 35.5. The van der Waals surface area contributed by atoms with Crippen molar-refractivity contribution in [2.45, 2.75) is 20.1 Å². The van der Waals surface area contributed by atoms with Crippen molar-refractivity contribution in [2.75, 3.05) is 5.32 Å². The van der Waals surface area contributed by atoms with E-state index >= 15 is 0 Å². The van der Waals surface area contributed by atoms with Gasteiger partial charge in [0.1, 0.15) is 12.4 Å². The van der Waals surface area contributed by atoms with Crippen LogP contribution in [-0.4, -0.2) is 15.7 Å². The monoisotopic (exact) mass is 499 g/mol. The van der Waals surface area contributed by atoms with Crippen molar-refractivity contribution in [3.8, 4) is 5.75 Å². The number of aromatic nitrogens is 2. The molecule has 4 rings (SSSR count). The van der Waals surface area contributed by atoms with Crippen molar-refractivity contribution in [3.63, 3.8) is 0 Å². The van der Waals surface area contributed by atoms with Crippen LogP contribution in [-0.2, 0) is 13.2 Å². The van der Waals surface area contributed by atoms with Gasteiger partial charge in [-0.25, -0.2) is 0 Å². The fraction of sp³-hybridized carbons (Fsp3) is 0.120. The highest BCUT2D eigenvalue weighted by molar-refractivity contribution is 6.35. The van der Waals surface area contributed by atoms with Gasteiger partial charge in [0.15, 0.2) is 5.82 Å². The lowest BCUT2D eigenvalue weighted by atomic mass is 10.1. The van der Waals surface area contributed by atoms with E-state index in [9.17, 15) is 4.79 Å². The molecule has 1 amide bonds. The molecule has 168 valence electrons. The number of carbonyl (C=O) groups excluding carboxylic acids is 1. The molecule has 4 aromatic rings. The van der Waals surface area contributed by atoms with Crippen LogP contribution in [0.2, 0.25) is 15.1 Å². The van der Waals surface area contributed by atoms with Crippen LogP contribution in [0.4, 0.5) is 5.82 Å². The first-order chi connectivity index (χ1) is 15.9. The Kier molecular flexibility index (Phi) is 7.23. The minimum Gasteiger partial charge on any atom is -0.487 e. The molecule has 0 saturated heterocycles. The third-order valence-corrected chi connectivity index (χ3v) is 5.83. The van der Waals surface area contributed by atoms with Crippen molar-refractivity contribution in [1.82, 2.24) is 9.78 Å². The highest BCUT2D eigenvalue weighted by Crippen LogP contribution is 2.26. The van der Waals surface area contributed by atoms with Gasteiger partial charge in [0.05, 0.1) is 11.6 Å². The van der Waals surface area contributed by atoms with E-state index in [1.807, 2.05) is 43.3 Å².